The van der Waals surface area contributed by atoms with E-state index in [1.165, 1.54) is 12.1 Å². The molecule has 0 bridgehead atoms. The fourth-order valence-corrected chi connectivity index (χ4v) is 3.30. The lowest BCUT2D eigenvalue weighted by molar-refractivity contribution is -0.384. The summed E-state index contributed by atoms with van der Waals surface area (Å²) in [5.74, 6) is -1.05. The number of thiazole rings is 1. The van der Waals surface area contributed by atoms with E-state index in [1.54, 1.807) is 30.4 Å². The number of carboxylic acid groups (broad SMARTS) is 1. The van der Waals surface area contributed by atoms with E-state index in [-0.39, 0.29) is 15.6 Å². The van der Waals surface area contributed by atoms with Crippen molar-refractivity contribution in [1.29, 1.82) is 0 Å². The topological polar surface area (TPSA) is 93.3 Å². The Labute approximate surface area is 157 Å². The van der Waals surface area contributed by atoms with E-state index in [2.05, 4.69) is 4.98 Å². The standard InChI is InChI=1S/C18H11ClN2O4S/c19-13-8-6-11(10-14(13)21(24)25)7-9-15-20-16(17(26-15)18(22)23)12-4-2-1-3-5-12/h1-10H,(H,22,23)/b9-7+. The van der Waals surface area contributed by atoms with Crippen molar-refractivity contribution in [3.8, 4) is 11.3 Å². The maximum absolute atomic E-state index is 11.5. The van der Waals surface area contributed by atoms with Crippen LogP contribution in [0.15, 0.2) is 48.5 Å². The minimum atomic E-state index is -1.05. The van der Waals surface area contributed by atoms with Crippen LogP contribution in [0.25, 0.3) is 23.4 Å². The Kier molecular flexibility index (Phi) is 5.11. The minimum Gasteiger partial charge on any atom is -0.477 e. The molecule has 0 fully saturated rings. The maximum atomic E-state index is 11.5. The molecular weight excluding hydrogens is 376 g/mol. The molecule has 1 N–H and O–H groups in total. The first-order valence-electron chi connectivity index (χ1n) is 7.37. The van der Waals surface area contributed by atoms with Crippen LogP contribution >= 0.6 is 22.9 Å². The third-order valence-corrected chi connectivity index (χ3v) is 4.80. The van der Waals surface area contributed by atoms with Gasteiger partial charge in [0, 0.05) is 11.6 Å². The first-order valence-corrected chi connectivity index (χ1v) is 8.56. The van der Waals surface area contributed by atoms with Gasteiger partial charge in [-0.25, -0.2) is 9.78 Å². The average Bonchev–Trinajstić information content (AvgIpc) is 3.06. The Morgan fingerprint density at radius 3 is 2.58 bits per heavy atom. The van der Waals surface area contributed by atoms with Gasteiger partial charge in [0.15, 0.2) is 0 Å². The van der Waals surface area contributed by atoms with Crippen molar-refractivity contribution >= 4 is 46.7 Å². The molecule has 26 heavy (non-hydrogen) atoms. The van der Waals surface area contributed by atoms with E-state index >= 15 is 0 Å². The molecule has 0 unspecified atom stereocenters. The lowest BCUT2D eigenvalue weighted by Gasteiger charge is -1.97. The number of nitro benzene ring substituents is 1. The number of hydrogen-bond donors (Lipinski definition) is 1. The molecule has 3 aromatic rings. The van der Waals surface area contributed by atoms with Crippen LogP contribution in [-0.4, -0.2) is 21.0 Å². The zero-order chi connectivity index (χ0) is 18.7. The lowest BCUT2D eigenvalue weighted by Crippen LogP contribution is -1.95. The number of nitrogens with zero attached hydrogens (tertiary/aromatic N) is 2. The molecule has 0 aliphatic rings. The molecule has 0 aliphatic heterocycles. The zero-order valence-electron chi connectivity index (χ0n) is 13.1. The van der Waals surface area contributed by atoms with Crippen LogP contribution in [0.5, 0.6) is 0 Å². The molecule has 0 saturated heterocycles. The largest absolute Gasteiger partial charge is 0.477 e. The number of carboxylic acids is 1. The highest BCUT2D eigenvalue weighted by Crippen LogP contribution is 2.30. The van der Waals surface area contributed by atoms with E-state index in [9.17, 15) is 20.0 Å². The van der Waals surface area contributed by atoms with E-state index in [4.69, 9.17) is 11.6 Å². The Morgan fingerprint density at radius 2 is 1.92 bits per heavy atom. The SMILES string of the molecule is O=C(O)c1sc(/C=C/c2ccc(Cl)c([N+](=O)[O-])c2)nc1-c1ccccc1. The second-order valence-electron chi connectivity index (χ2n) is 5.20. The van der Waals surface area contributed by atoms with Crippen molar-refractivity contribution in [2.45, 2.75) is 0 Å². The first-order chi connectivity index (χ1) is 12.5. The van der Waals surface area contributed by atoms with Gasteiger partial charge >= 0.3 is 5.97 Å². The monoisotopic (exact) mass is 386 g/mol. The number of aromatic nitrogens is 1. The highest BCUT2D eigenvalue weighted by Gasteiger charge is 2.18. The Bertz CT molecular complexity index is 1020. The summed E-state index contributed by atoms with van der Waals surface area (Å²) in [7, 11) is 0. The Morgan fingerprint density at radius 1 is 1.19 bits per heavy atom. The maximum Gasteiger partial charge on any atom is 0.348 e. The van der Waals surface area contributed by atoms with Gasteiger partial charge in [-0.05, 0) is 17.7 Å². The molecular formula is C18H11ClN2O4S. The second kappa shape index (κ2) is 7.47. The van der Waals surface area contributed by atoms with Gasteiger partial charge in [0.1, 0.15) is 14.9 Å². The third-order valence-electron chi connectivity index (χ3n) is 3.47. The molecule has 8 heteroatoms. The van der Waals surface area contributed by atoms with Gasteiger partial charge in [0.2, 0.25) is 0 Å². The molecule has 130 valence electrons. The number of aromatic carboxylic acids is 1. The van der Waals surface area contributed by atoms with Gasteiger partial charge < -0.3 is 5.11 Å². The molecule has 3 rings (SSSR count). The average molecular weight is 387 g/mol. The lowest BCUT2D eigenvalue weighted by atomic mass is 10.1. The highest BCUT2D eigenvalue weighted by molar-refractivity contribution is 7.15. The number of rotatable bonds is 5. The van der Waals surface area contributed by atoms with Gasteiger partial charge in [0.05, 0.1) is 10.6 Å². The van der Waals surface area contributed by atoms with Crippen molar-refractivity contribution in [3.05, 3.63) is 79.1 Å². The van der Waals surface area contributed by atoms with Gasteiger partial charge in [-0.1, -0.05) is 54.1 Å². The number of halogens is 1. The molecule has 0 aliphatic carbocycles. The summed E-state index contributed by atoms with van der Waals surface area (Å²) in [5.41, 5.74) is 1.48. The van der Waals surface area contributed by atoms with E-state index in [0.29, 0.717) is 21.8 Å². The van der Waals surface area contributed by atoms with Crippen LogP contribution in [0.1, 0.15) is 20.2 Å². The van der Waals surface area contributed by atoms with Gasteiger partial charge in [-0.3, -0.25) is 10.1 Å². The second-order valence-corrected chi connectivity index (χ2v) is 6.64. The van der Waals surface area contributed by atoms with Crippen LogP contribution in [-0.2, 0) is 0 Å². The normalized spacial score (nSPS) is 11.0. The fourth-order valence-electron chi connectivity index (χ4n) is 2.29. The highest BCUT2D eigenvalue weighted by atomic mass is 35.5. The smallest absolute Gasteiger partial charge is 0.348 e. The van der Waals surface area contributed by atoms with Crippen molar-refractivity contribution in [2.75, 3.05) is 0 Å². The fraction of sp³-hybridized carbons (Fsp3) is 0. The summed E-state index contributed by atoms with van der Waals surface area (Å²) in [4.78, 5) is 26.4. The molecule has 0 saturated carbocycles. The van der Waals surface area contributed by atoms with Crippen molar-refractivity contribution in [3.63, 3.8) is 0 Å². The zero-order valence-corrected chi connectivity index (χ0v) is 14.7. The van der Waals surface area contributed by atoms with E-state index < -0.39 is 10.9 Å². The van der Waals surface area contributed by atoms with Crippen LogP contribution in [0.3, 0.4) is 0 Å². The summed E-state index contributed by atoms with van der Waals surface area (Å²) >= 11 is 6.83. The molecule has 0 atom stereocenters. The van der Waals surface area contributed by atoms with Crippen molar-refractivity contribution in [2.24, 2.45) is 0 Å². The number of carbonyl (C=O) groups is 1. The molecule has 6 nitrogen and oxygen atoms in total. The quantitative estimate of drug-likeness (QED) is 0.478. The Balaban J connectivity index is 1.96. The number of nitro groups is 1. The molecule has 0 radical (unpaired) electrons. The number of benzene rings is 2. The number of hydrogen-bond acceptors (Lipinski definition) is 5. The summed E-state index contributed by atoms with van der Waals surface area (Å²) in [5, 5.41) is 20.9. The van der Waals surface area contributed by atoms with Gasteiger partial charge in [-0.15, -0.1) is 11.3 Å². The molecule has 0 spiro atoms. The van der Waals surface area contributed by atoms with Crippen LogP contribution in [0.2, 0.25) is 5.02 Å². The first kappa shape index (κ1) is 17.8. The molecule has 1 aromatic heterocycles. The van der Waals surface area contributed by atoms with Crippen molar-refractivity contribution < 1.29 is 14.8 Å². The molecule has 0 amide bonds. The third kappa shape index (κ3) is 3.79. The Hall–Kier alpha value is -3.03. The van der Waals surface area contributed by atoms with Crippen LogP contribution < -0.4 is 0 Å². The van der Waals surface area contributed by atoms with Crippen molar-refractivity contribution in [1.82, 2.24) is 4.98 Å². The van der Waals surface area contributed by atoms with E-state index in [0.717, 1.165) is 11.3 Å². The summed E-state index contributed by atoms with van der Waals surface area (Å²) < 4.78 is 0. The molecule has 1 heterocycles. The summed E-state index contributed by atoms with van der Waals surface area (Å²) in [6.45, 7) is 0. The van der Waals surface area contributed by atoms with Crippen LogP contribution in [0, 0.1) is 10.1 Å². The van der Waals surface area contributed by atoms with E-state index in [1.807, 2.05) is 18.2 Å². The van der Waals surface area contributed by atoms with Crippen LogP contribution in [0.4, 0.5) is 5.69 Å². The van der Waals surface area contributed by atoms with Gasteiger partial charge in [-0.2, -0.15) is 0 Å². The molecule has 2 aromatic carbocycles. The summed E-state index contributed by atoms with van der Waals surface area (Å²) in [6.07, 6.45) is 3.25. The minimum absolute atomic E-state index is 0.0564. The predicted molar refractivity (Wildman–Crippen MR) is 102 cm³/mol. The van der Waals surface area contributed by atoms with Gasteiger partial charge in [0.25, 0.3) is 5.69 Å². The summed E-state index contributed by atoms with van der Waals surface area (Å²) in [6, 6.07) is 13.5. The predicted octanol–water partition coefficient (Wildman–Crippen LogP) is 5.24.